The fourth-order valence-electron chi connectivity index (χ4n) is 2.63. The van der Waals surface area contributed by atoms with Gasteiger partial charge in [-0.3, -0.25) is 9.69 Å². The monoisotopic (exact) mass is 244 g/mol. The van der Waals surface area contributed by atoms with E-state index in [9.17, 15) is 4.79 Å². The van der Waals surface area contributed by atoms with Crippen LogP contribution in [0.25, 0.3) is 10.9 Å². The van der Waals surface area contributed by atoms with E-state index in [1.807, 2.05) is 6.07 Å². The van der Waals surface area contributed by atoms with Gasteiger partial charge in [-0.2, -0.15) is 0 Å². The quantitative estimate of drug-likeness (QED) is 0.818. The third-order valence-corrected chi connectivity index (χ3v) is 3.54. The SMILES string of the molecule is COC(=O)CN1CCc2c([nH]c3ccccc23)C1. The van der Waals surface area contributed by atoms with E-state index in [1.54, 1.807) is 0 Å². The Bertz CT molecular complexity index is 588. The van der Waals surface area contributed by atoms with Crippen LogP contribution in [0.4, 0.5) is 0 Å². The van der Waals surface area contributed by atoms with E-state index in [1.165, 1.54) is 29.3 Å². The second-order valence-corrected chi connectivity index (χ2v) is 4.66. The van der Waals surface area contributed by atoms with Gasteiger partial charge in [0.25, 0.3) is 0 Å². The maximum Gasteiger partial charge on any atom is 0.319 e. The molecule has 18 heavy (non-hydrogen) atoms. The minimum atomic E-state index is -0.172. The number of hydrogen-bond donors (Lipinski definition) is 1. The number of nitrogens with zero attached hydrogens (tertiary/aromatic N) is 1. The number of esters is 1. The number of carbonyl (C=O) groups excluding carboxylic acids is 1. The van der Waals surface area contributed by atoms with Crippen molar-refractivity contribution in [3.8, 4) is 0 Å². The van der Waals surface area contributed by atoms with Gasteiger partial charge < -0.3 is 9.72 Å². The van der Waals surface area contributed by atoms with Crippen molar-refractivity contribution in [2.24, 2.45) is 0 Å². The lowest BCUT2D eigenvalue weighted by molar-refractivity contribution is -0.142. The van der Waals surface area contributed by atoms with Crippen molar-refractivity contribution in [3.05, 3.63) is 35.5 Å². The van der Waals surface area contributed by atoms with Crippen LogP contribution in [0.1, 0.15) is 11.3 Å². The Kier molecular flexibility index (Phi) is 2.80. The Labute approximate surface area is 106 Å². The maximum absolute atomic E-state index is 11.3. The van der Waals surface area contributed by atoms with Crippen LogP contribution in [-0.4, -0.2) is 36.1 Å². The number of methoxy groups -OCH3 is 1. The molecule has 4 nitrogen and oxygen atoms in total. The molecule has 0 saturated heterocycles. The minimum Gasteiger partial charge on any atom is -0.468 e. The Morgan fingerprint density at radius 2 is 2.28 bits per heavy atom. The number of aromatic amines is 1. The first-order valence-corrected chi connectivity index (χ1v) is 6.15. The third kappa shape index (κ3) is 1.88. The normalized spacial score (nSPS) is 15.6. The molecule has 94 valence electrons. The van der Waals surface area contributed by atoms with Gasteiger partial charge in [-0.1, -0.05) is 18.2 Å². The summed E-state index contributed by atoms with van der Waals surface area (Å²) in [5.74, 6) is -0.172. The highest BCUT2D eigenvalue weighted by Crippen LogP contribution is 2.27. The van der Waals surface area contributed by atoms with E-state index in [4.69, 9.17) is 4.74 Å². The zero-order valence-electron chi connectivity index (χ0n) is 10.4. The van der Waals surface area contributed by atoms with E-state index in [2.05, 4.69) is 28.1 Å². The van der Waals surface area contributed by atoms with Gasteiger partial charge in [-0.15, -0.1) is 0 Å². The molecule has 2 heterocycles. The number of para-hydroxylation sites is 1. The number of ether oxygens (including phenoxy) is 1. The Balaban J connectivity index is 1.87. The summed E-state index contributed by atoms with van der Waals surface area (Å²) in [5.41, 5.74) is 3.81. The highest BCUT2D eigenvalue weighted by atomic mass is 16.5. The van der Waals surface area contributed by atoms with E-state index < -0.39 is 0 Å². The molecule has 3 rings (SSSR count). The number of aromatic nitrogens is 1. The first kappa shape index (κ1) is 11.3. The van der Waals surface area contributed by atoms with Gasteiger partial charge in [0.15, 0.2) is 0 Å². The van der Waals surface area contributed by atoms with Crippen LogP contribution in [0, 0.1) is 0 Å². The molecule has 0 saturated carbocycles. The van der Waals surface area contributed by atoms with Gasteiger partial charge in [-0.25, -0.2) is 0 Å². The van der Waals surface area contributed by atoms with Gasteiger partial charge in [0.2, 0.25) is 0 Å². The first-order valence-electron chi connectivity index (χ1n) is 6.15. The molecule has 1 aliphatic heterocycles. The van der Waals surface area contributed by atoms with Gasteiger partial charge >= 0.3 is 5.97 Å². The number of H-pyrrole nitrogens is 1. The molecular weight excluding hydrogens is 228 g/mol. The molecule has 0 fully saturated rings. The van der Waals surface area contributed by atoms with E-state index >= 15 is 0 Å². The summed E-state index contributed by atoms with van der Waals surface area (Å²) < 4.78 is 4.71. The summed E-state index contributed by atoms with van der Waals surface area (Å²) in [5, 5.41) is 1.31. The largest absolute Gasteiger partial charge is 0.468 e. The second kappa shape index (κ2) is 4.46. The summed E-state index contributed by atoms with van der Waals surface area (Å²) in [6.07, 6.45) is 0.982. The lowest BCUT2D eigenvalue weighted by Crippen LogP contribution is -2.35. The molecule has 0 radical (unpaired) electrons. The Morgan fingerprint density at radius 3 is 3.11 bits per heavy atom. The molecule has 0 aliphatic carbocycles. The van der Waals surface area contributed by atoms with Crippen LogP contribution < -0.4 is 0 Å². The molecule has 1 aromatic carbocycles. The molecule has 1 aromatic heterocycles. The van der Waals surface area contributed by atoms with Gasteiger partial charge in [0.05, 0.1) is 13.7 Å². The van der Waals surface area contributed by atoms with Crippen molar-refractivity contribution in [2.45, 2.75) is 13.0 Å². The smallest absolute Gasteiger partial charge is 0.319 e. The number of fused-ring (bicyclic) bond motifs is 3. The van der Waals surface area contributed by atoms with Crippen LogP contribution in [-0.2, 0) is 22.5 Å². The summed E-state index contributed by atoms with van der Waals surface area (Å²) in [6.45, 7) is 2.06. The van der Waals surface area contributed by atoms with Crippen molar-refractivity contribution in [1.29, 1.82) is 0 Å². The van der Waals surface area contributed by atoms with Crippen molar-refractivity contribution in [1.82, 2.24) is 9.88 Å². The lowest BCUT2D eigenvalue weighted by Gasteiger charge is -2.25. The third-order valence-electron chi connectivity index (χ3n) is 3.54. The Hall–Kier alpha value is -1.81. The number of hydrogen-bond acceptors (Lipinski definition) is 3. The summed E-state index contributed by atoms with van der Waals surface area (Å²) in [4.78, 5) is 16.8. The molecule has 0 amide bonds. The average Bonchev–Trinajstić information content (AvgIpc) is 2.76. The fraction of sp³-hybridized carbons (Fsp3) is 0.357. The predicted octanol–water partition coefficient (Wildman–Crippen LogP) is 1.70. The summed E-state index contributed by atoms with van der Waals surface area (Å²) in [7, 11) is 1.43. The molecule has 0 bridgehead atoms. The average molecular weight is 244 g/mol. The molecule has 1 N–H and O–H groups in total. The Morgan fingerprint density at radius 1 is 1.44 bits per heavy atom. The van der Waals surface area contributed by atoms with E-state index in [0.29, 0.717) is 6.54 Å². The molecule has 4 heteroatoms. The number of rotatable bonds is 2. The molecule has 2 aromatic rings. The van der Waals surface area contributed by atoms with Gasteiger partial charge in [-0.05, 0) is 18.1 Å². The van der Waals surface area contributed by atoms with Crippen LogP contribution in [0.2, 0.25) is 0 Å². The molecule has 1 aliphatic rings. The zero-order valence-corrected chi connectivity index (χ0v) is 10.4. The number of nitrogens with one attached hydrogen (secondary N) is 1. The van der Waals surface area contributed by atoms with Crippen molar-refractivity contribution >= 4 is 16.9 Å². The minimum absolute atomic E-state index is 0.172. The molecule has 0 spiro atoms. The van der Waals surface area contributed by atoms with E-state index in [0.717, 1.165) is 19.5 Å². The standard InChI is InChI=1S/C14H16N2O2/c1-18-14(17)9-16-7-6-11-10-4-2-3-5-12(10)15-13(11)8-16/h2-5,15H,6-9H2,1H3. The van der Waals surface area contributed by atoms with Crippen LogP contribution >= 0.6 is 0 Å². The lowest BCUT2D eigenvalue weighted by atomic mass is 10.0. The highest BCUT2D eigenvalue weighted by Gasteiger charge is 2.21. The molecule has 0 unspecified atom stereocenters. The second-order valence-electron chi connectivity index (χ2n) is 4.66. The van der Waals surface area contributed by atoms with Gasteiger partial charge in [0, 0.05) is 29.7 Å². The highest BCUT2D eigenvalue weighted by molar-refractivity contribution is 5.84. The van der Waals surface area contributed by atoms with Crippen molar-refractivity contribution in [3.63, 3.8) is 0 Å². The molecule has 0 atom stereocenters. The topological polar surface area (TPSA) is 45.3 Å². The molecular formula is C14H16N2O2. The number of carbonyl (C=O) groups is 1. The van der Waals surface area contributed by atoms with Gasteiger partial charge in [0.1, 0.15) is 0 Å². The van der Waals surface area contributed by atoms with Crippen LogP contribution in [0.5, 0.6) is 0 Å². The predicted molar refractivity (Wildman–Crippen MR) is 69.3 cm³/mol. The summed E-state index contributed by atoms with van der Waals surface area (Å²) in [6, 6.07) is 8.35. The summed E-state index contributed by atoms with van der Waals surface area (Å²) >= 11 is 0. The maximum atomic E-state index is 11.3. The first-order chi connectivity index (χ1) is 8.78. The van der Waals surface area contributed by atoms with Crippen molar-refractivity contribution in [2.75, 3.05) is 20.2 Å². The fourth-order valence-corrected chi connectivity index (χ4v) is 2.63. The van der Waals surface area contributed by atoms with Crippen LogP contribution in [0.15, 0.2) is 24.3 Å². The van der Waals surface area contributed by atoms with E-state index in [-0.39, 0.29) is 5.97 Å². The van der Waals surface area contributed by atoms with Crippen molar-refractivity contribution < 1.29 is 9.53 Å². The van der Waals surface area contributed by atoms with Crippen LogP contribution in [0.3, 0.4) is 0 Å². The zero-order chi connectivity index (χ0) is 12.5. The number of benzene rings is 1.